The smallest absolute Gasteiger partial charge is 0.243 e. The molecule has 0 spiro atoms. The lowest BCUT2D eigenvalue weighted by atomic mass is 10.1. The van der Waals surface area contributed by atoms with Crippen LogP contribution in [0.1, 0.15) is 52.9 Å². The topological polar surface area (TPSA) is 75.5 Å². The summed E-state index contributed by atoms with van der Waals surface area (Å²) in [5, 5.41) is 0.760. The normalized spacial score (nSPS) is 15.9. The summed E-state index contributed by atoms with van der Waals surface area (Å²) in [6, 6.07) is 5.13. The lowest BCUT2D eigenvalue weighted by Gasteiger charge is -2.24. The van der Waals surface area contributed by atoms with Gasteiger partial charge in [0.2, 0.25) is 15.9 Å². The van der Waals surface area contributed by atoms with E-state index in [4.69, 9.17) is 4.98 Å². The van der Waals surface area contributed by atoms with E-state index in [9.17, 15) is 13.2 Å². The number of sulfonamides is 1. The predicted molar refractivity (Wildman–Crippen MR) is 126 cm³/mol. The Bertz CT molecular complexity index is 992. The van der Waals surface area contributed by atoms with Crippen LogP contribution in [0, 0.1) is 0 Å². The molecule has 2 aromatic rings. The van der Waals surface area contributed by atoms with Gasteiger partial charge < -0.3 is 9.47 Å². The van der Waals surface area contributed by atoms with Crippen molar-refractivity contribution in [1.29, 1.82) is 0 Å². The molecule has 1 fully saturated rings. The van der Waals surface area contributed by atoms with Crippen molar-refractivity contribution in [2.45, 2.75) is 69.5 Å². The Morgan fingerprint density at radius 1 is 1.06 bits per heavy atom. The number of rotatable bonds is 8. The second kappa shape index (κ2) is 10.8. The van der Waals surface area contributed by atoms with Crippen LogP contribution < -0.4 is 0 Å². The lowest BCUT2D eigenvalue weighted by molar-refractivity contribution is -0.128. The van der Waals surface area contributed by atoms with Crippen LogP contribution >= 0.6 is 11.8 Å². The largest absolute Gasteiger partial charge is 0.342 e. The highest BCUT2D eigenvalue weighted by Gasteiger charge is 2.23. The number of carbonyl (C=O) groups excluding carboxylic acids is 1. The summed E-state index contributed by atoms with van der Waals surface area (Å²) >= 11 is 1.44. The molecule has 0 N–H and O–H groups in total. The number of thioether (sulfide) groups is 1. The first-order valence-corrected chi connectivity index (χ1v) is 13.8. The summed E-state index contributed by atoms with van der Waals surface area (Å²) in [6.07, 6.45) is 5.81. The highest BCUT2D eigenvalue weighted by atomic mass is 32.2. The van der Waals surface area contributed by atoms with Crippen LogP contribution in [0.2, 0.25) is 0 Å². The maximum Gasteiger partial charge on any atom is 0.243 e. The number of hydrogen-bond acceptors (Lipinski definition) is 5. The molecule has 0 atom stereocenters. The fourth-order valence-corrected chi connectivity index (χ4v) is 6.55. The lowest BCUT2D eigenvalue weighted by Crippen LogP contribution is -2.35. The summed E-state index contributed by atoms with van der Waals surface area (Å²) in [7, 11) is -3.53. The van der Waals surface area contributed by atoms with E-state index < -0.39 is 10.0 Å². The minimum Gasteiger partial charge on any atom is -0.342 e. The molecule has 1 aromatic carbocycles. The molecule has 1 amide bonds. The quantitative estimate of drug-likeness (QED) is 0.550. The first-order valence-electron chi connectivity index (χ1n) is 11.3. The fraction of sp³-hybridized carbons (Fsp3) is 0.636. The van der Waals surface area contributed by atoms with Crippen molar-refractivity contribution in [3.05, 3.63) is 18.2 Å². The number of aromatic nitrogens is 2. The maximum absolute atomic E-state index is 12.9. The molecule has 0 bridgehead atoms. The first-order chi connectivity index (χ1) is 14.9. The van der Waals surface area contributed by atoms with Gasteiger partial charge in [0.05, 0.1) is 21.7 Å². The molecule has 0 radical (unpaired) electrons. The average molecular weight is 467 g/mol. The minimum absolute atomic E-state index is 0.159. The third-order valence-corrected chi connectivity index (χ3v) is 8.88. The Hall–Kier alpha value is -1.58. The Kier molecular flexibility index (Phi) is 8.41. The number of benzene rings is 1. The van der Waals surface area contributed by atoms with E-state index in [1.54, 1.807) is 12.1 Å². The number of hydrogen-bond donors (Lipinski definition) is 0. The molecule has 9 heteroatoms. The van der Waals surface area contributed by atoms with E-state index in [0.717, 1.165) is 36.6 Å². The molecule has 0 saturated carbocycles. The third kappa shape index (κ3) is 5.43. The molecule has 3 rings (SSSR count). The van der Waals surface area contributed by atoms with E-state index in [1.165, 1.54) is 35.3 Å². The van der Waals surface area contributed by atoms with Crippen LogP contribution in [0.4, 0.5) is 0 Å². The Labute approximate surface area is 190 Å². The summed E-state index contributed by atoms with van der Waals surface area (Å²) in [5.41, 5.74) is 1.54. The zero-order valence-electron chi connectivity index (χ0n) is 18.8. The van der Waals surface area contributed by atoms with Crippen molar-refractivity contribution in [2.24, 2.45) is 0 Å². The van der Waals surface area contributed by atoms with E-state index in [-0.39, 0.29) is 10.8 Å². The van der Waals surface area contributed by atoms with Crippen molar-refractivity contribution < 1.29 is 13.2 Å². The number of fused-ring (bicyclic) bond motifs is 1. The van der Waals surface area contributed by atoms with E-state index >= 15 is 0 Å². The monoisotopic (exact) mass is 466 g/mol. The number of aryl methyl sites for hydroxylation is 1. The fourth-order valence-electron chi connectivity index (χ4n) is 4.09. The Balaban J connectivity index is 1.80. The van der Waals surface area contributed by atoms with E-state index in [1.807, 2.05) is 31.7 Å². The van der Waals surface area contributed by atoms with Crippen LogP contribution in [0.15, 0.2) is 28.3 Å². The molecule has 31 heavy (non-hydrogen) atoms. The first kappa shape index (κ1) is 24.1. The number of amides is 1. The molecule has 172 valence electrons. The summed E-state index contributed by atoms with van der Waals surface area (Å²) < 4.78 is 29.3. The molecule has 1 aliphatic rings. The van der Waals surface area contributed by atoms with Crippen molar-refractivity contribution in [3.63, 3.8) is 0 Å². The van der Waals surface area contributed by atoms with Crippen LogP contribution in [-0.2, 0) is 21.4 Å². The van der Waals surface area contributed by atoms with Gasteiger partial charge in [-0.3, -0.25) is 4.79 Å². The van der Waals surface area contributed by atoms with Gasteiger partial charge >= 0.3 is 0 Å². The number of likely N-dealkylation sites (tertiary alicyclic amines) is 1. The van der Waals surface area contributed by atoms with Crippen molar-refractivity contribution in [1.82, 2.24) is 18.8 Å². The zero-order chi connectivity index (χ0) is 22.4. The van der Waals surface area contributed by atoms with Gasteiger partial charge in [-0.1, -0.05) is 44.9 Å². The molecule has 2 heterocycles. The molecule has 7 nitrogen and oxygen atoms in total. The molecule has 1 aliphatic heterocycles. The molecule has 1 saturated heterocycles. The highest BCUT2D eigenvalue weighted by Crippen LogP contribution is 2.27. The van der Waals surface area contributed by atoms with Gasteiger partial charge in [0.1, 0.15) is 0 Å². The molecule has 0 aliphatic carbocycles. The van der Waals surface area contributed by atoms with Gasteiger partial charge in [-0.05, 0) is 38.0 Å². The second-order valence-corrected chi connectivity index (χ2v) is 10.7. The molecule has 0 unspecified atom stereocenters. The highest BCUT2D eigenvalue weighted by molar-refractivity contribution is 7.99. The number of imidazole rings is 1. The third-order valence-electron chi connectivity index (χ3n) is 5.88. The standard InChI is InChI=1S/C22H34N4O3S2/c1-4-25(5-2)31(28,29)18-12-13-20-19(16-18)23-22(26(20)6-3)30-17-21(27)24-14-10-8-7-9-11-15-24/h12-13,16H,4-11,14-15,17H2,1-3H3. The molecular weight excluding hydrogens is 432 g/mol. The summed E-state index contributed by atoms with van der Waals surface area (Å²) in [6.45, 7) is 8.96. The molecule has 1 aromatic heterocycles. The van der Waals surface area contributed by atoms with Gasteiger partial charge in [0.25, 0.3) is 0 Å². The summed E-state index contributed by atoms with van der Waals surface area (Å²) in [4.78, 5) is 19.7. The summed E-state index contributed by atoms with van der Waals surface area (Å²) in [5.74, 6) is 0.514. The van der Waals surface area contributed by atoms with Gasteiger partial charge in [-0.2, -0.15) is 4.31 Å². The van der Waals surface area contributed by atoms with Crippen LogP contribution in [-0.4, -0.2) is 65.0 Å². The average Bonchev–Trinajstić information content (AvgIpc) is 3.09. The molecular formula is C22H34N4O3S2. The van der Waals surface area contributed by atoms with Gasteiger partial charge in [0.15, 0.2) is 5.16 Å². The predicted octanol–water partition coefficient (Wildman–Crippen LogP) is 3.97. The van der Waals surface area contributed by atoms with Crippen LogP contribution in [0.5, 0.6) is 0 Å². The van der Waals surface area contributed by atoms with Crippen molar-refractivity contribution in [3.8, 4) is 0 Å². The number of carbonyl (C=O) groups is 1. The van der Waals surface area contributed by atoms with Gasteiger partial charge in [-0.15, -0.1) is 0 Å². The van der Waals surface area contributed by atoms with Gasteiger partial charge in [0, 0.05) is 32.7 Å². The number of nitrogens with zero attached hydrogens (tertiary/aromatic N) is 4. The zero-order valence-corrected chi connectivity index (χ0v) is 20.5. The van der Waals surface area contributed by atoms with Crippen LogP contribution in [0.25, 0.3) is 11.0 Å². The van der Waals surface area contributed by atoms with E-state index in [2.05, 4.69) is 4.57 Å². The maximum atomic E-state index is 12.9. The minimum atomic E-state index is -3.53. The van der Waals surface area contributed by atoms with E-state index in [0.29, 0.717) is 30.9 Å². The van der Waals surface area contributed by atoms with Crippen LogP contribution in [0.3, 0.4) is 0 Å². The van der Waals surface area contributed by atoms with Gasteiger partial charge in [-0.25, -0.2) is 13.4 Å². The second-order valence-electron chi connectivity index (χ2n) is 7.82. The SMILES string of the molecule is CCN(CC)S(=O)(=O)c1ccc2c(c1)nc(SCC(=O)N1CCCCCCC1)n2CC. The van der Waals surface area contributed by atoms with Crippen molar-refractivity contribution in [2.75, 3.05) is 31.9 Å². The Morgan fingerprint density at radius 2 is 1.71 bits per heavy atom. The van der Waals surface area contributed by atoms with Crippen molar-refractivity contribution >= 4 is 38.7 Å². The Morgan fingerprint density at radius 3 is 2.32 bits per heavy atom.